The molecule has 4 rings (SSSR count). The molecule has 178 valence electrons. The van der Waals surface area contributed by atoms with Crippen LogP contribution in [0.4, 0.5) is 13.2 Å². The lowest BCUT2D eigenvalue weighted by Gasteiger charge is -2.21. The zero-order chi connectivity index (χ0) is 24.0. The van der Waals surface area contributed by atoms with Crippen molar-refractivity contribution in [1.82, 2.24) is 0 Å². The Labute approximate surface area is 196 Å². The van der Waals surface area contributed by atoms with Gasteiger partial charge in [0.1, 0.15) is 5.75 Å². The molecular formula is C29H35F3O. The molecule has 0 bridgehead atoms. The molecule has 3 aromatic carbocycles. The molecule has 0 radical (unpaired) electrons. The molecule has 0 amide bonds. The van der Waals surface area contributed by atoms with E-state index >= 15 is 0 Å². The molecule has 33 heavy (non-hydrogen) atoms. The fraction of sp³-hybridized carbons (Fsp3) is 0.448. The average molecular weight is 457 g/mol. The molecule has 0 heterocycles. The maximum absolute atomic E-state index is 13.3. The molecule has 3 unspecified atom stereocenters. The summed E-state index contributed by atoms with van der Waals surface area (Å²) in [6.07, 6.45) is 1.38. The summed E-state index contributed by atoms with van der Waals surface area (Å²) in [5.41, 5.74) is 3.35. The summed E-state index contributed by atoms with van der Waals surface area (Å²) in [5, 5.41) is 1.75. The van der Waals surface area contributed by atoms with Crippen LogP contribution < -0.4 is 4.74 Å². The first kappa shape index (κ1) is 25.1. The number of benzene rings is 3. The van der Waals surface area contributed by atoms with Gasteiger partial charge in [0.15, 0.2) is 0 Å². The van der Waals surface area contributed by atoms with Gasteiger partial charge in [0.05, 0.1) is 13.8 Å². The van der Waals surface area contributed by atoms with Crippen LogP contribution in [0.2, 0.25) is 0 Å². The molecule has 0 saturated heterocycles. The zero-order valence-electron chi connectivity index (χ0n) is 20.1. The molecule has 1 aliphatic rings. The average Bonchev–Trinajstić information content (AvgIpc) is 3.05. The van der Waals surface area contributed by atoms with Crippen LogP contribution in [0.5, 0.6) is 5.75 Å². The minimum Gasteiger partial charge on any atom is -0.496 e. The van der Waals surface area contributed by atoms with Crippen molar-refractivity contribution in [3.8, 4) is 16.9 Å². The van der Waals surface area contributed by atoms with Crippen molar-refractivity contribution in [3.05, 3.63) is 65.7 Å². The Morgan fingerprint density at radius 1 is 0.879 bits per heavy atom. The molecule has 0 aliphatic heterocycles. The second-order valence-electron chi connectivity index (χ2n) is 8.95. The van der Waals surface area contributed by atoms with Crippen LogP contribution in [0.3, 0.4) is 0 Å². The molecule has 3 atom stereocenters. The van der Waals surface area contributed by atoms with E-state index in [1.165, 1.54) is 11.6 Å². The van der Waals surface area contributed by atoms with E-state index in [9.17, 15) is 13.2 Å². The lowest BCUT2D eigenvalue weighted by atomic mass is 9.86. The van der Waals surface area contributed by atoms with Gasteiger partial charge in [-0.1, -0.05) is 51.1 Å². The van der Waals surface area contributed by atoms with Crippen LogP contribution in [-0.2, 0) is 0 Å². The van der Waals surface area contributed by atoms with E-state index in [1.54, 1.807) is 19.2 Å². The van der Waals surface area contributed by atoms with Gasteiger partial charge < -0.3 is 4.74 Å². The molecule has 1 aliphatic carbocycles. The monoisotopic (exact) mass is 456 g/mol. The lowest BCUT2D eigenvalue weighted by molar-refractivity contribution is 0.151. The second-order valence-corrected chi connectivity index (χ2v) is 8.95. The highest BCUT2D eigenvalue weighted by Crippen LogP contribution is 2.42. The van der Waals surface area contributed by atoms with Gasteiger partial charge in [0.2, 0.25) is 0 Å². The molecule has 3 aromatic rings. The number of methoxy groups -OCH3 is 1. The predicted octanol–water partition coefficient (Wildman–Crippen LogP) is 9.36. The second kappa shape index (κ2) is 11.6. The Balaban J connectivity index is 0.00000149. The van der Waals surface area contributed by atoms with Crippen LogP contribution in [0, 0.1) is 11.8 Å². The van der Waals surface area contributed by atoms with Crippen molar-refractivity contribution < 1.29 is 17.9 Å². The highest BCUT2D eigenvalue weighted by molar-refractivity contribution is 5.88. The molecule has 1 fully saturated rings. The Kier molecular flexibility index (Phi) is 8.82. The van der Waals surface area contributed by atoms with E-state index in [4.69, 9.17) is 4.74 Å². The molecule has 4 heteroatoms. The van der Waals surface area contributed by atoms with E-state index in [-0.39, 0.29) is 18.2 Å². The number of hydrogen-bond donors (Lipinski definition) is 0. The first-order chi connectivity index (χ1) is 16.0. The number of fused-ring (bicyclic) bond motifs is 1. The third kappa shape index (κ3) is 5.90. The van der Waals surface area contributed by atoms with E-state index in [0.717, 1.165) is 53.3 Å². The zero-order valence-corrected chi connectivity index (χ0v) is 20.1. The number of alkyl halides is 3. The van der Waals surface area contributed by atoms with Crippen LogP contribution in [0.15, 0.2) is 54.6 Å². The van der Waals surface area contributed by atoms with Crippen LogP contribution in [0.25, 0.3) is 21.9 Å². The van der Waals surface area contributed by atoms with Gasteiger partial charge in [-0.2, -0.15) is 0 Å². The van der Waals surface area contributed by atoms with Crippen LogP contribution in [-0.4, -0.2) is 13.8 Å². The number of hydrogen-bond acceptors (Lipinski definition) is 1. The van der Waals surface area contributed by atoms with E-state index in [0.29, 0.717) is 11.8 Å². The number of halogens is 3. The fourth-order valence-corrected chi connectivity index (χ4v) is 5.06. The summed E-state index contributed by atoms with van der Waals surface area (Å²) in [4.78, 5) is 0. The van der Waals surface area contributed by atoms with Gasteiger partial charge in [-0.05, 0) is 95.2 Å². The summed E-state index contributed by atoms with van der Waals surface area (Å²) in [6.45, 7) is 5.98. The molecule has 0 N–H and O–H groups in total. The van der Waals surface area contributed by atoms with Crippen molar-refractivity contribution in [2.45, 2.75) is 58.8 Å². The smallest absolute Gasteiger partial charge is 0.263 e. The Morgan fingerprint density at radius 3 is 2.24 bits per heavy atom. The SMILES string of the molecule is CC.COc1ccc(-c2ccc3cc(C(F)F)ccc3c2)cc1C1CCC(CF)CC(C)C1. The van der Waals surface area contributed by atoms with Crippen molar-refractivity contribution in [2.24, 2.45) is 11.8 Å². The number of rotatable bonds is 5. The maximum Gasteiger partial charge on any atom is 0.263 e. The van der Waals surface area contributed by atoms with Crippen molar-refractivity contribution in [3.63, 3.8) is 0 Å². The van der Waals surface area contributed by atoms with Gasteiger partial charge in [0, 0.05) is 5.56 Å². The first-order valence-corrected chi connectivity index (χ1v) is 12.0. The van der Waals surface area contributed by atoms with Gasteiger partial charge in [-0.3, -0.25) is 4.39 Å². The summed E-state index contributed by atoms with van der Waals surface area (Å²) < 4.78 is 45.0. The molecule has 1 saturated carbocycles. The Bertz CT molecular complexity index is 1050. The van der Waals surface area contributed by atoms with Gasteiger partial charge in [-0.15, -0.1) is 0 Å². The fourth-order valence-electron chi connectivity index (χ4n) is 5.06. The van der Waals surface area contributed by atoms with Crippen LogP contribution >= 0.6 is 0 Å². The standard InChI is InChI=1S/C27H29F3O.C2H6/c1-17-11-18(16-28)3-4-23(12-17)25-15-22(9-10-26(25)31-2)20-5-6-21-14-24(27(29)30)8-7-19(21)13-20;1-2/h5-10,13-15,17-18,23,27H,3-4,11-12,16H2,1-2H3;1-2H3. The maximum atomic E-state index is 13.3. The van der Waals surface area contributed by atoms with Crippen molar-refractivity contribution >= 4 is 10.8 Å². The van der Waals surface area contributed by atoms with E-state index < -0.39 is 6.43 Å². The quantitative estimate of drug-likeness (QED) is 0.348. The summed E-state index contributed by atoms with van der Waals surface area (Å²) in [5.74, 6) is 1.86. The normalized spacial score (nSPS) is 20.8. The van der Waals surface area contributed by atoms with Gasteiger partial charge >= 0.3 is 0 Å². The Hall–Kier alpha value is -2.49. The number of ether oxygens (including phenoxy) is 1. The minimum atomic E-state index is -2.47. The van der Waals surface area contributed by atoms with E-state index in [1.807, 2.05) is 44.2 Å². The highest BCUT2D eigenvalue weighted by Gasteiger charge is 2.26. The van der Waals surface area contributed by atoms with E-state index in [2.05, 4.69) is 13.0 Å². The third-order valence-corrected chi connectivity index (χ3v) is 6.68. The first-order valence-electron chi connectivity index (χ1n) is 12.0. The summed E-state index contributed by atoms with van der Waals surface area (Å²) in [7, 11) is 1.69. The van der Waals surface area contributed by atoms with Gasteiger partial charge in [0.25, 0.3) is 6.43 Å². The molecular weight excluding hydrogens is 421 g/mol. The van der Waals surface area contributed by atoms with Crippen LogP contribution in [0.1, 0.15) is 69.9 Å². The van der Waals surface area contributed by atoms with Gasteiger partial charge in [-0.25, -0.2) is 8.78 Å². The summed E-state index contributed by atoms with van der Waals surface area (Å²) >= 11 is 0. The molecule has 0 aromatic heterocycles. The lowest BCUT2D eigenvalue weighted by Crippen LogP contribution is -2.05. The Morgan fingerprint density at radius 2 is 1.55 bits per heavy atom. The molecule has 1 nitrogen and oxygen atoms in total. The third-order valence-electron chi connectivity index (χ3n) is 6.68. The van der Waals surface area contributed by atoms with Crippen molar-refractivity contribution in [1.29, 1.82) is 0 Å². The predicted molar refractivity (Wildman–Crippen MR) is 132 cm³/mol. The minimum absolute atomic E-state index is 0.0426. The summed E-state index contributed by atoms with van der Waals surface area (Å²) in [6, 6.07) is 17.0. The van der Waals surface area contributed by atoms with Crippen molar-refractivity contribution in [2.75, 3.05) is 13.8 Å². The largest absolute Gasteiger partial charge is 0.496 e. The topological polar surface area (TPSA) is 9.23 Å². The molecule has 0 spiro atoms. The highest BCUT2D eigenvalue weighted by atomic mass is 19.3.